The molecule has 4 nitrogen and oxygen atoms in total. The summed E-state index contributed by atoms with van der Waals surface area (Å²) >= 11 is 0. The molecule has 0 aliphatic rings. The minimum atomic E-state index is -0.0943. The highest BCUT2D eigenvalue weighted by Crippen LogP contribution is 2.27. The molecular weight excluding hydrogens is 322 g/mol. The lowest BCUT2D eigenvalue weighted by atomic mass is 9.98. The van der Waals surface area contributed by atoms with Gasteiger partial charge in [0.05, 0.1) is 0 Å². The van der Waals surface area contributed by atoms with Crippen molar-refractivity contribution >= 4 is 16.6 Å². The van der Waals surface area contributed by atoms with Crippen molar-refractivity contribution in [2.45, 2.75) is 66.8 Å². The summed E-state index contributed by atoms with van der Waals surface area (Å²) in [5, 5.41) is 1.75. The number of pyridine rings is 1. The molecule has 146 valence electrons. The van der Waals surface area contributed by atoms with E-state index in [1.807, 2.05) is 27.0 Å². The molecule has 0 aliphatic heterocycles. The van der Waals surface area contributed by atoms with Crippen LogP contribution in [0.25, 0.3) is 10.8 Å². The molecule has 4 heteroatoms. The van der Waals surface area contributed by atoms with Crippen LogP contribution in [0, 0.1) is 6.92 Å². The van der Waals surface area contributed by atoms with Gasteiger partial charge in [-0.25, -0.2) is 0 Å². The van der Waals surface area contributed by atoms with Crippen molar-refractivity contribution < 1.29 is 0 Å². The Morgan fingerprint density at radius 3 is 2.04 bits per heavy atom. The van der Waals surface area contributed by atoms with Gasteiger partial charge in [-0.2, -0.15) is 0 Å². The molecule has 1 unspecified atom stereocenters. The summed E-state index contributed by atoms with van der Waals surface area (Å²) in [5.74, 6) is 0.983. The van der Waals surface area contributed by atoms with E-state index >= 15 is 0 Å². The Hall–Kier alpha value is -1.81. The molecular formula is C22H37N3O. The van der Waals surface area contributed by atoms with Gasteiger partial charge in [0.2, 0.25) is 0 Å². The lowest BCUT2D eigenvalue weighted by Gasteiger charge is -2.27. The maximum atomic E-state index is 12.9. The maximum absolute atomic E-state index is 12.9. The molecule has 1 aromatic carbocycles. The van der Waals surface area contributed by atoms with E-state index in [1.165, 1.54) is 6.42 Å². The summed E-state index contributed by atoms with van der Waals surface area (Å²) in [6.45, 7) is 14.5. The van der Waals surface area contributed by atoms with Gasteiger partial charge >= 0.3 is 0 Å². The Bertz CT molecular complexity index is 756. The van der Waals surface area contributed by atoms with Crippen molar-refractivity contribution in [3.05, 3.63) is 39.7 Å². The third-order valence-electron chi connectivity index (χ3n) is 4.31. The van der Waals surface area contributed by atoms with Crippen molar-refractivity contribution in [1.29, 1.82) is 0 Å². The standard InChI is InChI=1S/C19H29N3O.C3H8/c1-6-8-22(9-7-2)18-12-16-15(14(4)20)10-13(3)11-17(16)19(23)21(18)5;1-3-2/h10-12,14H,6-9,20H2,1-5H3;3H2,1-2H3. The molecule has 0 saturated carbocycles. The van der Waals surface area contributed by atoms with Gasteiger partial charge in [-0.05, 0) is 55.3 Å². The van der Waals surface area contributed by atoms with Crippen LogP contribution < -0.4 is 16.2 Å². The van der Waals surface area contributed by atoms with E-state index in [0.29, 0.717) is 0 Å². The SMILES string of the molecule is CCC.CCCN(CCC)c1cc2c(C(C)N)cc(C)cc2c(=O)n1C. The molecule has 0 spiro atoms. The van der Waals surface area contributed by atoms with Crippen molar-refractivity contribution in [3.63, 3.8) is 0 Å². The number of aromatic nitrogens is 1. The molecule has 2 aromatic rings. The number of nitrogens with two attached hydrogens (primary N) is 1. The molecule has 0 fully saturated rings. The number of rotatable bonds is 6. The third-order valence-corrected chi connectivity index (χ3v) is 4.31. The monoisotopic (exact) mass is 359 g/mol. The van der Waals surface area contributed by atoms with Crippen LogP contribution >= 0.6 is 0 Å². The fourth-order valence-corrected chi connectivity index (χ4v) is 3.24. The first-order valence-electron chi connectivity index (χ1n) is 9.96. The van der Waals surface area contributed by atoms with E-state index in [2.05, 4.69) is 44.7 Å². The quantitative estimate of drug-likeness (QED) is 0.797. The Morgan fingerprint density at radius 1 is 1.04 bits per heavy atom. The highest BCUT2D eigenvalue weighted by molar-refractivity contribution is 5.88. The second kappa shape index (κ2) is 10.4. The van der Waals surface area contributed by atoms with Crippen LogP contribution in [-0.4, -0.2) is 17.7 Å². The summed E-state index contributed by atoms with van der Waals surface area (Å²) in [5.41, 5.74) is 8.34. The van der Waals surface area contributed by atoms with Crippen LogP contribution in [0.5, 0.6) is 0 Å². The topological polar surface area (TPSA) is 51.3 Å². The van der Waals surface area contributed by atoms with Crippen LogP contribution in [0.4, 0.5) is 5.82 Å². The first-order valence-corrected chi connectivity index (χ1v) is 9.96. The van der Waals surface area contributed by atoms with Gasteiger partial charge in [0, 0.05) is 31.6 Å². The van der Waals surface area contributed by atoms with Crippen LogP contribution in [0.15, 0.2) is 23.0 Å². The van der Waals surface area contributed by atoms with Crippen molar-refractivity contribution in [3.8, 4) is 0 Å². The molecule has 1 heterocycles. The highest BCUT2D eigenvalue weighted by Gasteiger charge is 2.16. The summed E-state index contributed by atoms with van der Waals surface area (Å²) in [6.07, 6.45) is 3.36. The molecule has 1 atom stereocenters. The number of hydrogen-bond donors (Lipinski definition) is 1. The summed E-state index contributed by atoms with van der Waals surface area (Å²) < 4.78 is 1.78. The number of fused-ring (bicyclic) bond motifs is 1. The van der Waals surface area contributed by atoms with E-state index in [1.54, 1.807) is 4.57 Å². The summed E-state index contributed by atoms with van der Waals surface area (Å²) in [6, 6.07) is 6.11. The number of nitrogens with zero attached hydrogens (tertiary/aromatic N) is 2. The Labute approximate surface area is 159 Å². The zero-order valence-electron chi connectivity index (χ0n) is 17.7. The minimum Gasteiger partial charge on any atom is -0.358 e. The predicted molar refractivity (Wildman–Crippen MR) is 115 cm³/mol. The van der Waals surface area contributed by atoms with Crippen molar-refractivity contribution in [2.24, 2.45) is 12.8 Å². The first-order chi connectivity index (χ1) is 12.3. The number of hydrogen-bond acceptors (Lipinski definition) is 3. The van der Waals surface area contributed by atoms with Crippen LogP contribution in [-0.2, 0) is 7.05 Å². The fraction of sp³-hybridized carbons (Fsp3) is 0.591. The van der Waals surface area contributed by atoms with Gasteiger partial charge in [0.25, 0.3) is 5.56 Å². The molecule has 0 bridgehead atoms. The molecule has 0 aliphatic carbocycles. The van der Waals surface area contributed by atoms with E-state index in [0.717, 1.165) is 53.6 Å². The van der Waals surface area contributed by atoms with E-state index in [-0.39, 0.29) is 11.6 Å². The molecule has 26 heavy (non-hydrogen) atoms. The van der Waals surface area contributed by atoms with Crippen LogP contribution in [0.2, 0.25) is 0 Å². The normalized spacial score (nSPS) is 11.8. The largest absolute Gasteiger partial charge is 0.358 e. The minimum absolute atomic E-state index is 0.0558. The Balaban J connectivity index is 0.00000105. The van der Waals surface area contributed by atoms with Gasteiger partial charge in [-0.3, -0.25) is 9.36 Å². The molecule has 1 aromatic heterocycles. The predicted octanol–water partition coefficient (Wildman–Crippen LogP) is 4.91. The summed E-state index contributed by atoms with van der Waals surface area (Å²) in [4.78, 5) is 15.2. The van der Waals surface area contributed by atoms with E-state index < -0.39 is 0 Å². The van der Waals surface area contributed by atoms with Gasteiger partial charge < -0.3 is 10.6 Å². The molecule has 2 N–H and O–H groups in total. The highest BCUT2D eigenvalue weighted by atomic mass is 16.1. The second-order valence-corrected chi connectivity index (χ2v) is 7.16. The van der Waals surface area contributed by atoms with Gasteiger partial charge in [0.1, 0.15) is 5.82 Å². The van der Waals surface area contributed by atoms with Crippen LogP contribution in [0.1, 0.15) is 71.0 Å². The van der Waals surface area contributed by atoms with Gasteiger partial charge in [0.15, 0.2) is 0 Å². The van der Waals surface area contributed by atoms with Crippen molar-refractivity contribution in [1.82, 2.24) is 4.57 Å². The van der Waals surface area contributed by atoms with Crippen molar-refractivity contribution in [2.75, 3.05) is 18.0 Å². The van der Waals surface area contributed by atoms with E-state index in [9.17, 15) is 4.79 Å². The van der Waals surface area contributed by atoms with Gasteiger partial charge in [-0.1, -0.05) is 40.2 Å². The Morgan fingerprint density at radius 2 is 1.58 bits per heavy atom. The average molecular weight is 360 g/mol. The van der Waals surface area contributed by atoms with Gasteiger partial charge in [-0.15, -0.1) is 0 Å². The molecule has 0 saturated heterocycles. The zero-order valence-corrected chi connectivity index (χ0v) is 17.7. The maximum Gasteiger partial charge on any atom is 0.259 e. The number of aryl methyl sites for hydroxylation is 1. The van der Waals surface area contributed by atoms with E-state index in [4.69, 9.17) is 5.73 Å². The molecule has 2 rings (SSSR count). The average Bonchev–Trinajstić information content (AvgIpc) is 2.58. The molecule has 0 radical (unpaired) electrons. The number of benzene rings is 1. The smallest absolute Gasteiger partial charge is 0.259 e. The molecule has 0 amide bonds. The lowest BCUT2D eigenvalue weighted by molar-refractivity contribution is 0.702. The van der Waals surface area contributed by atoms with Crippen LogP contribution in [0.3, 0.4) is 0 Å². The third kappa shape index (κ3) is 5.10. The first kappa shape index (κ1) is 22.2. The fourth-order valence-electron chi connectivity index (χ4n) is 3.24. The lowest BCUT2D eigenvalue weighted by Crippen LogP contribution is -2.32. The summed E-state index contributed by atoms with van der Waals surface area (Å²) in [7, 11) is 1.86. The Kier molecular flexibility index (Phi) is 8.86. The zero-order chi connectivity index (χ0) is 19.9. The number of anilines is 1. The second-order valence-electron chi connectivity index (χ2n) is 7.16.